The molecule has 0 heterocycles. The quantitative estimate of drug-likeness (QED) is 0.783. The molecule has 0 radical (unpaired) electrons. The molecule has 0 saturated heterocycles. The number of fused-ring (bicyclic) bond motifs is 1. The fourth-order valence-corrected chi connectivity index (χ4v) is 3.76. The molecule has 4 atom stereocenters. The SMILES string of the molecule is CC(C)(C)OC(=O)N[C@]1(C)C[C@H]2CC(C=O)C[C@H]2C1. The van der Waals surface area contributed by atoms with Crippen molar-refractivity contribution < 1.29 is 14.3 Å². The highest BCUT2D eigenvalue weighted by atomic mass is 16.6. The fraction of sp³-hybridized carbons (Fsp3) is 0.867. The standard InChI is InChI=1S/C15H25NO3/c1-14(2,3)19-13(18)16-15(4)7-11-5-10(9-17)6-12(11)8-15/h9-12H,5-8H2,1-4H3,(H,16,18)/t10?,11-,12+,15-. The van der Waals surface area contributed by atoms with Crippen LogP contribution in [0.25, 0.3) is 0 Å². The van der Waals surface area contributed by atoms with Gasteiger partial charge in [-0.25, -0.2) is 4.79 Å². The smallest absolute Gasteiger partial charge is 0.408 e. The van der Waals surface area contributed by atoms with E-state index in [9.17, 15) is 9.59 Å². The Labute approximate surface area is 115 Å². The van der Waals surface area contributed by atoms with Gasteiger partial charge in [0.1, 0.15) is 11.9 Å². The first kappa shape index (κ1) is 14.4. The van der Waals surface area contributed by atoms with E-state index in [1.54, 1.807) is 0 Å². The first-order valence-electron chi connectivity index (χ1n) is 7.17. The Hall–Kier alpha value is -1.06. The van der Waals surface area contributed by atoms with Crippen molar-refractivity contribution in [2.24, 2.45) is 17.8 Å². The average molecular weight is 267 g/mol. The Kier molecular flexibility index (Phi) is 3.63. The Morgan fingerprint density at radius 2 is 1.79 bits per heavy atom. The van der Waals surface area contributed by atoms with Crippen molar-refractivity contribution >= 4 is 12.4 Å². The van der Waals surface area contributed by atoms with Crippen molar-refractivity contribution in [1.29, 1.82) is 0 Å². The van der Waals surface area contributed by atoms with E-state index in [0.29, 0.717) is 11.8 Å². The number of ether oxygens (including phenoxy) is 1. The normalized spacial score (nSPS) is 37.8. The second-order valence-corrected chi connectivity index (χ2v) is 7.48. The summed E-state index contributed by atoms with van der Waals surface area (Å²) in [5, 5.41) is 3.02. The van der Waals surface area contributed by atoms with Gasteiger partial charge < -0.3 is 14.8 Å². The van der Waals surface area contributed by atoms with Gasteiger partial charge in [-0.05, 0) is 65.2 Å². The maximum atomic E-state index is 11.9. The fourth-order valence-electron chi connectivity index (χ4n) is 3.76. The van der Waals surface area contributed by atoms with Crippen LogP contribution in [0, 0.1) is 17.8 Å². The molecule has 1 N–H and O–H groups in total. The topological polar surface area (TPSA) is 55.4 Å². The summed E-state index contributed by atoms with van der Waals surface area (Å²) in [7, 11) is 0. The van der Waals surface area contributed by atoms with Crippen LogP contribution in [0.4, 0.5) is 4.79 Å². The molecule has 0 aromatic heterocycles. The molecule has 2 aliphatic rings. The number of amides is 1. The molecule has 2 aliphatic carbocycles. The Morgan fingerprint density at radius 3 is 2.21 bits per heavy atom. The third-order valence-electron chi connectivity index (χ3n) is 4.30. The van der Waals surface area contributed by atoms with Crippen LogP contribution in [-0.2, 0) is 9.53 Å². The van der Waals surface area contributed by atoms with E-state index in [2.05, 4.69) is 12.2 Å². The van der Waals surface area contributed by atoms with Gasteiger partial charge in [0.15, 0.2) is 0 Å². The molecule has 108 valence electrons. The zero-order valence-corrected chi connectivity index (χ0v) is 12.4. The average Bonchev–Trinajstić information content (AvgIpc) is 2.67. The minimum Gasteiger partial charge on any atom is -0.444 e. The number of aldehydes is 1. The molecule has 0 spiro atoms. The lowest BCUT2D eigenvalue weighted by Gasteiger charge is -2.29. The zero-order valence-electron chi connectivity index (χ0n) is 12.4. The summed E-state index contributed by atoms with van der Waals surface area (Å²) < 4.78 is 5.32. The molecule has 2 saturated carbocycles. The first-order valence-corrected chi connectivity index (χ1v) is 7.17. The molecule has 1 amide bonds. The maximum absolute atomic E-state index is 11.9. The predicted octanol–water partition coefficient (Wildman–Crippen LogP) is 2.90. The van der Waals surface area contributed by atoms with Gasteiger partial charge in [-0.2, -0.15) is 0 Å². The number of alkyl carbamates (subject to hydrolysis) is 1. The van der Waals surface area contributed by atoms with E-state index in [-0.39, 0.29) is 17.6 Å². The second-order valence-electron chi connectivity index (χ2n) is 7.48. The van der Waals surface area contributed by atoms with Crippen molar-refractivity contribution in [3.63, 3.8) is 0 Å². The van der Waals surface area contributed by atoms with E-state index >= 15 is 0 Å². The zero-order chi connectivity index (χ0) is 14.3. The van der Waals surface area contributed by atoms with E-state index in [1.807, 2.05) is 20.8 Å². The summed E-state index contributed by atoms with van der Waals surface area (Å²) in [6, 6.07) is 0. The van der Waals surface area contributed by atoms with Gasteiger partial charge in [-0.15, -0.1) is 0 Å². The van der Waals surface area contributed by atoms with Crippen molar-refractivity contribution in [3.05, 3.63) is 0 Å². The highest BCUT2D eigenvalue weighted by Gasteiger charge is 2.48. The van der Waals surface area contributed by atoms with Crippen molar-refractivity contribution in [2.45, 2.75) is 64.5 Å². The maximum Gasteiger partial charge on any atom is 0.408 e. The Morgan fingerprint density at radius 1 is 1.26 bits per heavy atom. The molecule has 0 bridgehead atoms. The predicted molar refractivity (Wildman–Crippen MR) is 72.8 cm³/mol. The van der Waals surface area contributed by atoms with E-state index in [1.165, 1.54) is 0 Å². The molecule has 4 heteroatoms. The number of rotatable bonds is 2. The summed E-state index contributed by atoms with van der Waals surface area (Å²) in [4.78, 5) is 22.7. The minimum absolute atomic E-state index is 0.175. The summed E-state index contributed by atoms with van der Waals surface area (Å²) in [6.45, 7) is 7.69. The molecule has 0 aromatic carbocycles. The lowest BCUT2D eigenvalue weighted by Crippen LogP contribution is -2.46. The molecule has 0 aliphatic heterocycles. The van der Waals surface area contributed by atoms with Crippen molar-refractivity contribution in [2.75, 3.05) is 0 Å². The van der Waals surface area contributed by atoms with Gasteiger partial charge in [0, 0.05) is 11.5 Å². The highest BCUT2D eigenvalue weighted by Crippen LogP contribution is 2.50. The monoisotopic (exact) mass is 267 g/mol. The van der Waals surface area contributed by atoms with Gasteiger partial charge in [-0.3, -0.25) is 0 Å². The molecule has 0 aromatic rings. The first-order chi connectivity index (χ1) is 8.71. The largest absolute Gasteiger partial charge is 0.444 e. The summed E-state index contributed by atoms with van der Waals surface area (Å²) in [5.74, 6) is 1.39. The van der Waals surface area contributed by atoms with E-state index in [4.69, 9.17) is 4.74 Å². The van der Waals surface area contributed by atoms with Crippen LogP contribution in [-0.4, -0.2) is 23.5 Å². The van der Waals surface area contributed by atoms with Gasteiger partial charge in [0.05, 0.1) is 0 Å². The van der Waals surface area contributed by atoms with Crippen LogP contribution in [0.15, 0.2) is 0 Å². The lowest BCUT2D eigenvalue weighted by molar-refractivity contribution is -0.111. The molecule has 4 nitrogen and oxygen atoms in total. The molecule has 1 unspecified atom stereocenters. The van der Waals surface area contributed by atoms with Crippen LogP contribution in [0.2, 0.25) is 0 Å². The lowest BCUT2D eigenvalue weighted by atomic mass is 9.94. The summed E-state index contributed by atoms with van der Waals surface area (Å²) in [6.07, 6.45) is 4.65. The van der Waals surface area contributed by atoms with Gasteiger partial charge in [-0.1, -0.05) is 0 Å². The van der Waals surface area contributed by atoms with Crippen molar-refractivity contribution in [1.82, 2.24) is 5.32 Å². The third-order valence-corrected chi connectivity index (χ3v) is 4.30. The summed E-state index contributed by atoms with van der Waals surface area (Å²) >= 11 is 0. The molecule has 19 heavy (non-hydrogen) atoms. The Bertz CT molecular complexity index is 358. The molecule has 2 fully saturated rings. The van der Waals surface area contributed by atoms with Crippen LogP contribution in [0.1, 0.15) is 53.4 Å². The van der Waals surface area contributed by atoms with Gasteiger partial charge in [0.25, 0.3) is 0 Å². The number of nitrogens with one attached hydrogen (secondary N) is 1. The number of carbonyl (C=O) groups is 2. The molecule has 2 rings (SSSR count). The second kappa shape index (κ2) is 4.80. The van der Waals surface area contributed by atoms with Crippen LogP contribution < -0.4 is 5.32 Å². The third kappa shape index (κ3) is 3.48. The summed E-state index contributed by atoms with van der Waals surface area (Å²) in [5.41, 5.74) is -0.636. The van der Waals surface area contributed by atoms with Crippen LogP contribution in [0.5, 0.6) is 0 Å². The minimum atomic E-state index is -0.461. The van der Waals surface area contributed by atoms with Crippen LogP contribution >= 0.6 is 0 Å². The molecular weight excluding hydrogens is 242 g/mol. The van der Waals surface area contributed by atoms with Crippen LogP contribution in [0.3, 0.4) is 0 Å². The van der Waals surface area contributed by atoms with Gasteiger partial charge in [0.2, 0.25) is 0 Å². The molecular formula is C15H25NO3. The van der Waals surface area contributed by atoms with Crippen molar-refractivity contribution in [3.8, 4) is 0 Å². The van der Waals surface area contributed by atoms with Gasteiger partial charge >= 0.3 is 6.09 Å². The van der Waals surface area contributed by atoms with E-state index in [0.717, 1.165) is 32.0 Å². The Balaban J connectivity index is 1.89. The number of hydrogen-bond acceptors (Lipinski definition) is 3. The number of hydrogen-bond donors (Lipinski definition) is 1. The van der Waals surface area contributed by atoms with E-state index < -0.39 is 5.60 Å². The highest BCUT2D eigenvalue weighted by molar-refractivity contribution is 5.68. The number of carbonyl (C=O) groups excluding carboxylic acids is 2.